The highest BCUT2D eigenvalue weighted by atomic mass is 19.4. The molecule has 1 fully saturated rings. The lowest BCUT2D eigenvalue weighted by molar-refractivity contribution is -0.137. The SMILES string of the molecule is Cc1ccc(C)c(-c2noc(C3CCC(=O)N3Cc3cccc(C(F)(F)F)c3)n2)c1. The molecule has 0 N–H and O–H groups in total. The van der Waals surface area contributed by atoms with Crippen LogP contribution in [0.5, 0.6) is 0 Å². The summed E-state index contributed by atoms with van der Waals surface area (Å²) in [4.78, 5) is 18.4. The maximum atomic E-state index is 13.0. The van der Waals surface area contributed by atoms with E-state index < -0.39 is 17.8 Å². The van der Waals surface area contributed by atoms with Crippen LogP contribution in [-0.4, -0.2) is 20.9 Å². The molecule has 3 aromatic rings. The molecule has 2 heterocycles. The summed E-state index contributed by atoms with van der Waals surface area (Å²) in [6.45, 7) is 3.97. The number of hydrogen-bond acceptors (Lipinski definition) is 4. The summed E-state index contributed by atoms with van der Waals surface area (Å²) >= 11 is 0. The Hall–Kier alpha value is -3.16. The Labute approximate surface area is 171 Å². The second-order valence-corrected chi connectivity index (χ2v) is 7.55. The number of carbonyl (C=O) groups is 1. The van der Waals surface area contributed by atoms with Crippen molar-refractivity contribution in [3.8, 4) is 11.4 Å². The molecule has 4 rings (SSSR count). The van der Waals surface area contributed by atoms with Gasteiger partial charge < -0.3 is 9.42 Å². The van der Waals surface area contributed by atoms with E-state index in [9.17, 15) is 18.0 Å². The smallest absolute Gasteiger partial charge is 0.337 e. The number of rotatable bonds is 4. The fourth-order valence-corrected chi connectivity index (χ4v) is 3.69. The number of nitrogens with zero attached hydrogens (tertiary/aromatic N) is 3. The Kier molecular flexibility index (Phi) is 5.09. The minimum Gasteiger partial charge on any atom is -0.337 e. The van der Waals surface area contributed by atoms with Gasteiger partial charge in [-0.1, -0.05) is 35.0 Å². The van der Waals surface area contributed by atoms with E-state index in [2.05, 4.69) is 10.1 Å². The Bertz CT molecular complexity index is 1090. The van der Waals surface area contributed by atoms with E-state index in [0.717, 1.165) is 28.8 Å². The van der Waals surface area contributed by atoms with Gasteiger partial charge in [-0.05, 0) is 49.6 Å². The van der Waals surface area contributed by atoms with Gasteiger partial charge in [0.05, 0.1) is 5.56 Å². The molecule has 5 nitrogen and oxygen atoms in total. The molecule has 1 aliphatic rings. The fourth-order valence-electron chi connectivity index (χ4n) is 3.69. The van der Waals surface area contributed by atoms with Gasteiger partial charge in [-0.25, -0.2) is 0 Å². The molecule has 0 bridgehead atoms. The molecule has 0 spiro atoms. The standard InChI is InChI=1S/C22H20F3N3O2/c1-13-6-7-14(2)17(10-13)20-26-21(30-27-20)18-8-9-19(29)28(18)12-15-4-3-5-16(11-15)22(23,24)25/h3-7,10-11,18H,8-9,12H2,1-2H3. The molecule has 0 aliphatic carbocycles. The monoisotopic (exact) mass is 415 g/mol. The largest absolute Gasteiger partial charge is 0.416 e. The van der Waals surface area contributed by atoms with Gasteiger partial charge in [0.25, 0.3) is 0 Å². The van der Waals surface area contributed by atoms with E-state index in [1.54, 1.807) is 6.07 Å². The molecule has 1 aromatic heterocycles. The third-order valence-corrected chi connectivity index (χ3v) is 5.30. The molecule has 1 amide bonds. The highest BCUT2D eigenvalue weighted by molar-refractivity contribution is 5.79. The number of amides is 1. The molecule has 1 saturated heterocycles. The number of likely N-dealkylation sites (tertiary alicyclic amines) is 1. The summed E-state index contributed by atoms with van der Waals surface area (Å²) in [5, 5.41) is 4.07. The first-order chi connectivity index (χ1) is 14.2. The summed E-state index contributed by atoms with van der Waals surface area (Å²) in [6, 6.07) is 10.5. The third-order valence-electron chi connectivity index (χ3n) is 5.30. The minimum atomic E-state index is -4.43. The van der Waals surface area contributed by atoms with Gasteiger partial charge in [0, 0.05) is 18.5 Å². The molecule has 1 aliphatic heterocycles. The van der Waals surface area contributed by atoms with Crippen LogP contribution >= 0.6 is 0 Å². The van der Waals surface area contributed by atoms with Crippen molar-refractivity contribution in [2.24, 2.45) is 0 Å². The second-order valence-electron chi connectivity index (χ2n) is 7.55. The Morgan fingerprint density at radius 2 is 1.97 bits per heavy atom. The van der Waals surface area contributed by atoms with Crippen LogP contribution in [0.3, 0.4) is 0 Å². The first-order valence-corrected chi connectivity index (χ1v) is 9.59. The molecular weight excluding hydrogens is 395 g/mol. The lowest BCUT2D eigenvalue weighted by atomic mass is 10.1. The molecule has 30 heavy (non-hydrogen) atoms. The zero-order valence-electron chi connectivity index (χ0n) is 16.5. The van der Waals surface area contributed by atoms with E-state index in [4.69, 9.17) is 4.52 Å². The van der Waals surface area contributed by atoms with Crippen molar-refractivity contribution in [1.82, 2.24) is 15.0 Å². The van der Waals surface area contributed by atoms with Gasteiger partial charge in [-0.2, -0.15) is 18.2 Å². The van der Waals surface area contributed by atoms with Crippen LogP contribution in [0.2, 0.25) is 0 Å². The van der Waals surface area contributed by atoms with Crippen LogP contribution in [0.25, 0.3) is 11.4 Å². The average Bonchev–Trinajstić information content (AvgIpc) is 3.31. The van der Waals surface area contributed by atoms with Gasteiger partial charge in [0.2, 0.25) is 17.6 Å². The molecule has 1 unspecified atom stereocenters. The molecule has 2 aromatic carbocycles. The normalized spacial score (nSPS) is 17.0. The molecular formula is C22H20F3N3O2. The highest BCUT2D eigenvalue weighted by Gasteiger charge is 2.37. The molecule has 1 atom stereocenters. The molecule has 0 saturated carbocycles. The number of aromatic nitrogens is 2. The fraction of sp³-hybridized carbons (Fsp3) is 0.318. The summed E-state index contributed by atoms with van der Waals surface area (Å²) in [7, 11) is 0. The summed E-state index contributed by atoms with van der Waals surface area (Å²) < 4.78 is 44.5. The van der Waals surface area contributed by atoms with E-state index >= 15 is 0 Å². The quantitative estimate of drug-likeness (QED) is 0.585. The Morgan fingerprint density at radius 3 is 2.73 bits per heavy atom. The topological polar surface area (TPSA) is 59.2 Å². The highest BCUT2D eigenvalue weighted by Crippen LogP contribution is 2.35. The summed E-state index contributed by atoms with van der Waals surface area (Å²) in [5.41, 5.74) is 2.57. The van der Waals surface area contributed by atoms with Crippen LogP contribution in [0, 0.1) is 13.8 Å². The molecule has 156 valence electrons. The molecule has 8 heteroatoms. The van der Waals surface area contributed by atoms with Gasteiger partial charge in [-0.3, -0.25) is 4.79 Å². The zero-order chi connectivity index (χ0) is 21.5. The van der Waals surface area contributed by atoms with Gasteiger partial charge in [0.15, 0.2) is 0 Å². The summed E-state index contributed by atoms with van der Waals surface area (Å²) in [5.74, 6) is 0.581. The average molecular weight is 415 g/mol. The van der Waals surface area contributed by atoms with Crippen LogP contribution < -0.4 is 0 Å². The van der Waals surface area contributed by atoms with Gasteiger partial charge in [-0.15, -0.1) is 0 Å². The van der Waals surface area contributed by atoms with Crippen LogP contribution in [0.15, 0.2) is 47.0 Å². The van der Waals surface area contributed by atoms with Crippen molar-refractivity contribution >= 4 is 5.91 Å². The predicted molar refractivity (Wildman–Crippen MR) is 103 cm³/mol. The van der Waals surface area contributed by atoms with Crippen LogP contribution in [0.1, 0.15) is 47.0 Å². The first-order valence-electron chi connectivity index (χ1n) is 9.59. The third kappa shape index (κ3) is 3.94. The number of aryl methyl sites for hydroxylation is 2. The molecule has 0 radical (unpaired) electrons. The second kappa shape index (κ2) is 7.59. The van der Waals surface area contributed by atoms with Gasteiger partial charge in [0.1, 0.15) is 6.04 Å². The first kappa shape index (κ1) is 20.1. The maximum absolute atomic E-state index is 13.0. The zero-order valence-corrected chi connectivity index (χ0v) is 16.5. The summed E-state index contributed by atoms with van der Waals surface area (Å²) in [6.07, 6.45) is -3.67. The minimum absolute atomic E-state index is 0.0502. The lowest BCUT2D eigenvalue weighted by Gasteiger charge is -2.22. The number of carbonyl (C=O) groups excluding carboxylic acids is 1. The Morgan fingerprint density at radius 1 is 1.17 bits per heavy atom. The van der Waals surface area contributed by atoms with Crippen molar-refractivity contribution in [2.45, 2.75) is 45.5 Å². The van der Waals surface area contributed by atoms with Crippen LogP contribution in [-0.2, 0) is 17.5 Å². The number of hydrogen-bond donors (Lipinski definition) is 0. The van der Waals surface area contributed by atoms with E-state index in [1.165, 1.54) is 11.0 Å². The number of benzene rings is 2. The number of alkyl halides is 3. The number of halogens is 3. The van der Waals surface area contributed by atoms with Crippen LogP contribution in [0.4, 0.5) is 13.2 Å². The lowest BCUT2D eigenvalue weighted by Crippen LogP contribution is -2.27. The van der Waals surface area contributed by atoms with E-state index in [1.807, 2.05) is 32.0 Å². The van der Waals surface area contributed by atoms with Gasteiger partial charge >= 0.3 is 6.18 Å². The van der Waals surface area contributed by atoms with Crippen molar-refractivity contribution in [2.75, 3.05) is 0 Å². The van der Waals surface area contributed by atoms with E-state index in [-0.39, 0.29) is 18.9 Å². The predicted octanol–water partition coefficient (Wildman–Crippen LogP) is 5.24. The van der Waals surface area contributed by atoms with Crippen molar-refractivity contribution < 1.29 is 22.5 Å². The van der Waals surface area contributed by atoms with E-state index in [0.29, 0.717) is 23.7 Å². The Balaban J connectivity index is 1.60. The van der Waals surface area contributed by atoms with Crippen molar-refractivity contribution in [1.29, 1.82) is 0 Å². The van der Waals surface area contributed by atoms with Crippen molar-refractivity contribution in [3.63, 3.8) is 0 Å². The van der Waals surface area contributed by atoms with Crippen molar-refractivity contribution in [3.05, 3.63) is 70.6 Å². The maximum Gasteiger partial charge on any atom is 0.416 e.